The van der Waals surface area contributed by atoms with Crippen molar-refractivity contribution in [2.24, 2.45) is 0 Å². The zero-order valence-electron chi connectivity index (χ0n) is 11.4. The summed E-state index contributed by atoms with van der Waals surface area (Å²) in [5.41, 5.74) is 8.18. The molecule has 0 aliphatic carbocycles. The molecule has 0 amide bonds. The van der Waals surface area contributed by atoms with Crippen LogP contribution in [0.25, 0.3) is 10.9 Å². The smallest absolute Gasteiger partial charge is 0.337 e. The molecule has 3 N–H and O–H groups in total. The normalized spacial score (nSPS) is 10.7. The third-order valence-electron chi connectivity index (χ3n) is 3.16. The van der Waals surface area contributed by atoms with Gasteiger partial charge in [0.15, 0.2) is 0 Å². The minimum atomic E-state index is -0.367. The molecule has 4 nitrogen and oxygen atoms in total. The highest BCUT2D eigenvalue weighted by Gasteiger charge is 2.10. The van der Waals surface area contributed by atoms with Gasteiger partial charge in [0.25, 0.3) is 0 Å². The van der Waals surface area contributed by atoms with Gasteiger partial charge < -0.3 is 15.5 Å². The van der Waals surface area contributed by atoms with Crippen molar-refractivity contribution in [1.82, 2.24) is 4.98 Å². The average Bonchev–Trinajstić information content (AvgIpc) is 2.91. The minimum Gasteiger partial charge on any atom is -0.465 e. The zero-order chi connectivity index (χ0) is 14.8. The number of fused-ring (bicyclic) bond motifs is 1. The molecular weight excluding hydrogens is 284 g/mol. The van der Waals surface area contributed by atoms with Gasteiger partial charge in [-0.3, -0.25) is 0 Å². The van der Waals surface area contributed by atoms with Crippen molar-refractivity contribution in [3.8, 4) is 0 Å². The summed E-state index contributed by atoms with van der Waals surface area (Å²) >= 11 is 1.49. The Morgan fingerprint density at radius 1 is 1.19 bits per heavy atom. The van der Waals surface area contributed by atoms with Crippen LogP contribution in [0.4, 0.5) is 5.69 Å². The second kappa shape index (κ2) is 5.54. The van der Waals surface area contributed by atoms with Crippen LogP contribution in [-0.2, 0) is 4.74 Å². The van der Waals surface area contributed by atoms with Crippen LogP contribution in [0.3, 0.4) is 0 Å². The first-order valence-corrected chi connectivity index (χ1v) is 7.22. The Hall–Kier alpha value is -2.40. The number of hydrogen-bond acceptors (Lipinski definition) is 4. The Morgan fingerprint density at radius 3 is 2.76 bits per heavy atom. The summed E-state index contributed by atoms with van der Waals surface area (Å²) in [6, 6.07) is 15.2. The Morgan fingerprint density at radius 2 is 2.00 bits per heavy atom. The number of aromatic amines is 1. The van der Waals surface area contributed by atoms with Crippen LogP contribution in [0.15, 0.2) is 58.5 Å². The van der Waals surface area contributed by atoms with Crippen LogP contribution in [0.5, 0.6) is 0 Å². The van der Waals surface area contributed by atoms with Crippen molar-refractivity contribution in [1.29, 1.82) is 0 Å². The summed E-state index contributed by atoms with van der Waals surface area (Å²) in [7, 11) is 1.36. The molecule has 1 heterocycles. The van der Waals surface area contributed by atoms with Gasteiger partial charge >= 0.3 is 5.97 Å². The summed E-state index contributed by atoms with van der Waals surface area (Å²) in [6.07, 6.45) is 0. The van der Waals surface area contributed by atoms with E-state index in [1.54, 1.807) is 18.2 Å². The number of aromatic nitrogens is 1. The van der Waals surface area contributed by atoms with Gasteiger partial charge in [-0.05, 0) is 30.3 Å². The molecular formula is C16H14N2O2S. The molecule has 3 aromatic rings. The van der Waals surface area contributed by atoms with Gasteiger partial charge in [0.05, 0.1) is 17.7 Å². The first-order chi connectivity index (χ1) is 10.2. The number of carbonyl (C=O) groups excluding carboxylic acids is 1. The fraction of sp³-hybridized carbons (Fsp3) is 0.0625. The lowest BCUT2D eigenvalue weighted by atomic mass is 10.2. The number of nitrogen functional groups attached to an aromatic ring is 1. The van der Waals surface area contributed by atoms with Gasteiger partial charge in [-0.15, -0.1) is 0 Å². The molecule has 0 spiro atoms. The lowest BCUT2D eigenvalue weighted by Gasteiger charge is -2.06. The largest absolute Gasteiger partial charge is 0.465 e. The van der Waals surface area contributed by atoms with Crippen LogP contribution in [0.2, 0.25) is 0 Å². The van der Waals surface area contributed by atoms with Crippen molar-refractivity contribution in [2.75, 3.05) is 12.8 Å². The van der Waals surface area contributed by atoms with Gasteiger partial charge in [0.2, 0.25) is 0 Å². The second-order valence-electron chi connectivity index (χ2n) is 4.57. The summed E-state index contributed by atoms with van der Waals surface area (Å²) in [5.74, 6) is -0.367. The molecule has 0 saturated heterocycles. The number of esters is 1. The lowest BCUT2D eigenvalue weighted by molar-refractivity contribution is 0.0600. The highest BCUT2D eigenvalue weighted by Crippen LogP contribution is 2.34. The van der Waals surface area contributed by atoms with E-state index in [0.717, 1.165) is 20.8 Å². The first-order valence-electron chi connectivity index (χ1n) is 6.41. The van der Waals surface area contributed by atoms with Crippen LogP contribution < -0.4 is 5.73 Å². The van der Waals surface area contributed by atoms with E-state index >= 15 is 0 Å². The van der Waals surface area contributed by atoms with Gasteiger partial charge in [0, 0.05) is 21.5 Å². The van der Waals surface area contributed by atoms with E-state index < -0.39 is 0 Å². The van der Waals surface area contributed by atoms with Crippen LogP contribution >= 0.6 is 11.8 Å². The zero-order valence-corrected chi connectivity index (χ0v) is 12.2. The van der Waals surface area contributed by atoms with E-state index in [2.05, 4.69) is 11.1 Å². The number of anilines is 1. The number of hydrogen-bond donors (Lipinski definition) is 2. The molecule has 21 heavy (non-hydrogen) atoms. The molecule has 0 bridgehead atoms. The van der Waals surface area contributed by atoms with E-state index in [1.165, 1.54) is 18.9 Å². The molecule has 5 heteroatoms. The SMILES string of the molecule is COC(=O)c1ccc(N)c(Sc2cc3ccccc3[nH]2)c1. The summed E-state index contributed by atoms with van der Waals surface area (Å²) in [6.45, 7) is 0. The Kier molecular flexibility index (Phi) is 3.58. The molecule has 1 aromatic heterocycles. The number of nitrogens with two attached hydrogens (primary N) is 1. The topological polar surface area (TPSA) is 68.1 Å². The van der Waals surface area contributed by atoms with Crippen molar-refractivity contribution < 1.29 is 9.53 Å². The Bertz CT molecular complexity index is 778. The van der Waals surface area contributed by atoms with Crippen LogP contribution in [-0.4, -0.2) is 18.1 Å². The number of benzene rings is 2. The van der Waals surface area contributed by atoms with Gasteiger partial charge in [0.1, 0.15) is 0 Å². The fourth-order valence-electron chi connectivity index (χ4n) is 2.09. The molecule has 0 saturated carbocycles. The number of carbonyl (C=O) groups is 1. The van der Waals surface area contributed by atoms with Crippen molar-refractivity contribution in [3.63, 3.8) is 0 Å². The van der Waals surface area contributed by atoms with E-state index in [1.807, 2.05) is 24.3 Å². The minimum absolute atomic E-state index is 0.367. The van der Waals surface area contributed by atoms with E-state index in [0.29, 0.717) is 11.3 Å². The monoisotopic (exact) mass is 298 g/mol. The standard InChI is InChI=1S/C16H14N2O2S/c1-20-16(19)11-6-7-12(17)14(8-11)21-15-9-10-4-2-3-5-13(10)18-15/h2-9,18H,17H2,1H3. The lowest BCUT2D eigenvalue weighted by Crippen LogP contribution is -2.02. The maximum atomic E-state index is 11.6. The van der Waals surface area contributed by atoms with Crippen LogP contribution in [0.1, 0.15) is 10.4 Å². The number of rotatable bonds is 3. The molecule has 0 atom stereocenters. The summed E-state index contributed by atoms with van der Waals surface area (Å²) in [5, 5.41) is 2.12. The molecule has 0 fully saturated rings. The highest BCUT2D eigenvalue weighted by atomic mass is 32.2. The van der Waals surface area contributed by atoms with Crippen LogP contribution in [0, 0.1) is 0 Å². The molecule has 0 aliphatic rings. The molecule has 0 aliphatic heterocycles. The number of para-hydroxylation sites is 1. The number of methoxy groups -OCH3 is 1. The quantitative estimate of drug-likeness (QED) is 0.571. The molecule has 0 unspecified atom stereocenters. The number of ether oxygens (including phenoxy) is 1. The maximum Gasteiger partial charge on any atom is 0.337 e. The molecule has 106 valence electrons. The molecule has 2 aromatic carbocycles. The fourth-order valence-corrected chi connectivity index (χ4v) is 3.04. The van der Waals surface area contributed by atoms with Crippen molar-refractivity contribution >= 4 is 34.3 Å². The molecule has 0 radical (unpaired) electrons. The van der Waals surface area contributed by atoms with Gasteiger partial charge in [-0.25, -0.2) is 4.79 Å². The highest BCUT2D eigenvalue weighted by molar-refractivity contribution is 7.99. The van der Waals surface area contributed by atoms with E-state index in [4.69, 9.17) is 10.5 Å². The second-order valence-corrected chi connectivity index (χ2v) is 5.65. The summed E-state index contributed by atoms with van der Waals surface area (Å²) < 4.78 is 4.73. The predicted molar refractivity (Wildman–Crippen MR) is 84.6 cm³/mol. The molecule has 3 rings (SSSR count). The first kappa shape index (κ1) is 13.6. The van der Waals surface area contributed by atoms with E-state index in [9.17, 15) is 4.79 Å². The average molecular weight is 298 g/mol. The number of H-pyrrole nitrogens is 1. The number of nitrogens with one attached hydrogen (secondary N) is 1. The Balaban J connectivity index is 1.94. The third-order valence-corrected chi connectivity index (χ3v) is 4.17. The van der Waals surface area contributed by atoms with E-state index in [-0.39, 0.29) is 5.97 Å². The van der Waals surface area contributed by atoms with Crippen molar-refractivity contribution in [3.05, 3.63) is 54.1 Å². The predicted octanol–water partition coefficient (Wildman–Crippen LogP) is 3.69. The third kappa shape index (κ3) is 2.73. The summed E-state index contributed by atoms with van der Waals surface area (Å²) in [4.78, 5) is 15.7. The Labute approximate surface area is 126 Å². The maximum absolute atomic E-state index is 11.6. The van der Waals surface area contributed by atoms with Gasteiger partial charge in [-0.1, -0.05) is 30.0 Å². The van der Waals surface area contributed by atoms with Gasteiger partial charge in [-0.2, -0.15) is 0 Å². The van der Waals surface area contributed by atoms with Crippen molar-refractivity contribution in [2.45, 2.75) is 9.92 Å².